The van der Waals surface area contributed by atoms with Gasteiger partial charge in [0, 0.05) is 18.3 Å². The van der Waals surface area contributed by atoms with Crippen LogP contribution in [0.15, 0.2) is 29.6 Å². The van der Waals surface area contributed by atoms with Crippen molar-refractivity contribution in [3.8, 4) is 0 Å². The van der Waals surface area contributed by atoms with E-state index < -0.39 is 0 Å². The molecule has 0 aromatic carbocycles. The number of carbonyl (C=O) groups is 1. The normalized spacial score (nSPS) is 10.9. The highest BCUT2D eigenvalue weighted by atomic mass is 16.5. The maximum absolute atomic E-state index is 11.4. The van der Waals surface area contributed by atoms with Crippen LogP contribution < -0.4 is 10.2 Å². The summed E-state index contributed by atoms with van der Waals surface area (Å²) in [7, 11) is 0. The van der Waals surface area contributed by atoms with Gasteiger partial charge in [0.2, 0.25) is 0 Å². The van der Waals surface area contributed by atoms with E-state index in [1.54, 1.807) is 6.21 Å². The number of nitrogens with one attached hydrogen (secondary N) is 1. The molecular weight excluding hydrogens is 194 g/mol. The molecule has 80 valence electrons. The number of carbonyl (C=O) groups excluding carboxylic acids is 1. The molecule has 1 amide bonds. The quantitative estimate of drug-likeness (QED) is 0.343. The van der Waals surface area contributed by atoms with Crippen LogP contribution in [0, 0.1) is 11.1 Å². The van der Waals surface area contributed by atoms with E-state index in [0.29, 0.717) is 10.3 Å². The topological polar surface area (TPSA) is 68.4 Å². The van der Waals surface area contributed by atoms with Crippen LogP contribution in [0.2, 0.25) is 0 Å². The first-order valence-corrected chi connectivity index (χ1v) is 4.62. The number of nitrogens with zero attached hydrogens (tertiary/aromatic N) is 2. The molecule has 5 heteroatoms. The van der Waals surface area contributed by atoms with E-state index in [2.05, 4.69) is 10.5 Å². The first kappa shape index (κ1) is 11.2. The zero-order valence-corrected chi connectivity index (χ0v) is 8.68. The van der Waals surface area contributed by atoms with Gasteiger partial charge in [0.15, 0.2) is 12.4 Å². The molecule has 15 heavy (non-hydrogen) atoms. The lowest BCUT2D eigenvalue weighted by atomic mass is 10.2. The Morgan fingerprint density at radius 2 is 2.13 bits per heavy atom. The summed E-state index contributed by atoms with van der Waals surface area (Å²) in [6, 6.07) is 2.88. The largest absolute Gasteiger partial charge is 0.619 e. The number of amides is 1. The number of hydrazone groups is 1. The minimum absolute atomic E-state index is 0.282. The van der Waals surface area contributed by atoms with Gasteiger partial charge in [0.05, 0.1) is 5.56 Å². The summed E-state index contributed by atoms with van der Waals surface area (Å²) in [6.45, 7) is 3.91. The molecule has 0 saturated carbocycles. The smallest absolute Gasteiger partial charge is 0.271 e. The zero-order chi connectivity index (χ0) is 11.3. The third-order valence-electron chi connectivity index (χ3n) is 1.60. The predicted octanol–water partition coefficient (Wildman–Crippen LogP) is 0.692. The van der Waals surface area contributed by atoms with E-state index in [0.717, 1.165) is 0 Å². The third kappa shape index (κ3) is 3.76. The van der Waals surface area contributed by atoms with Crippen molar-refractivity contribution in [2.24, 2.45) is 11.0 Å². The van der Waals surface area contributed by atoms with Gasteiger partial charge in [-0.2, -0.15) is 9.83 Å². The lowest BCUT2D eigenvalue weighted by molar-refractivity contribution is -0.605. The molecule has 0 spiro atoms. The Morgan fingerprint density at radius 1 is 1.53 bits per heavy atom. The van der Waals surface area contributed by atoms with Crippen molar-refractivity contribution in [1.29, 1.82) is 0 Å². The Balaban J connectivity index is 2.58. The van der Waals surface area contributed by atoms with Crippen molar-refractivity contribution in [2.75, 3.05) is 0 Å². The highest BCUT2D eigenvalue weighted by Crippen LogP contribution is 1.94. The first-order chi connectivity index (χ1) is 7.09. The van der Waals surface area contributed by atoms with Gasteiger partial charge in [-0.15, -0.1) is 0 Å². The average Bonchev–Trinajstić information content (AvgIpc) is 2.18. The zero-order valence-electron chi connectivity index (χ0n) is 8.68. The van der Waals surface area contributed by atoms with Crippen molar-refractivity contribution in [2.45, 2.75) is 13.8 Å². The van der Waals surface area contributed by atoms with Crippen LogP contribution >= 0.6 is 0 Å². The van der Waals surface area contributed by atoms with E-state index in [4.69, 9.17) is 0 Å². The Kier molecular flexibility index (Phi) is 3.79. The fourth-order valence-corrected chi connectivity index (χ4v) is 0.874. The van der Waals surface area contributed by atoms with Crippen molar-refractivity contribution >= 4 is 12.1 Å². The number of rotatable bonds is 3. The van der Waals surface area contributed by atoms with Gasteiger partial charge in [-0.3, -0.25) is 4.79 Å². The van der Waals surface area contributed by atoms with E-state index in [9.17, 15) is 10.0 Å². The summed E-state index contributed by atoms with van der Waals surface area (Å²) < 4.78 is 0.619. The average molecular weight is 207 g/mol. The molecule has 0 atom stereocenters. The molecular formula is C10H13N3O2. The van der Waals surface area contributed by atoms with Crippen LogP contribution in [-0.4, -0.2) is 12.1 Å². The van der Waals surface area contributed by atoms with Crippen LogP contribution in [0.1, 0.15) is 24.2 Å². The molecule has 1 N–H and O–H groups in total. The molecule has 0 bridgehead atoms. The molecule has 5 nitrogen and oxygen atoms in total. The molecule has 1 aromatic heterocycles. The van der Waals surface area contributed by atoms with Crippen LogP contribution in [0.5, 0.6) is 0 Å². The minimum atomic E-state index is -0.326. The van der Waals surface area contributed by atoms with Gasteiger partial charge in [0.25, 0.3) is 5.91 Å². The van der Waals surface area contributed by atoms with E-state index in [1.165, 1.54) is 24.5 Å². The molecule has 0 aliphatic carbocycles. The van der Waals surface area contributed by atoms with Gasteiger partial charge in [-0.05, 0) is 5.92 Å². The number of aromatic nitrogens is 1. The predicted molar refractivity (Wildman–Crippen MR) is 56.2 cm³/mol. The van der Waals surface area contributed by atoms with E-state index >= 15 is 0 Å². The maximum atomic E-state index is 11.4. The molecule has 0 fully saturated rings. The molecule has 0 aliphatic heterocycles. The molecule has 0 radical (unpaired) electrons. The Hall–Kier alpha value is -1.91. The monoisotopic (exact) mass is 207 g/mol. The maximum Gasteiger partial charge on any atom is 0.271 e. The summed E-state index contributed by atoms with van der Waals surface area (Å²) >= 11 is 0. The second-order valence-corrected chi connectivity index (χ2v) is 3.41. The van der Waals surface area contributed by atoms with Crippen molar-refractivity contribution in [1.82, 2.24) is 5.43 Å². The van der Waals surface area contributed by atoms with E-state index in [1.807, 2.05) is 13.8 Å². The number of hydrogen-bond acceptors (Lipinski definition) is 3. The number of pyridine rings is 1. The van der Waals surface area contributed by atoms with Crippen LogP contribution in [0.3, 0.4) is 0 Å². The van der Waals surface area contributed by atoms with Crippen LogP contribution in [-0.2, 0) is 0 Å². The molecule has 0 unspecified atom stereocenters. The summed E-state index contributed by atoms with van der Waals surface area (Å²) in [4.78, 5) is 11.4. The highest BCUT2D eigenvalue weighted by molar-refractivity contribution is 5.94. The SMILES string of the molecule is CC(C)C=NNC(=O)c1cc[n+]([O-])cc1. The van der Waals surface area contributed by atoms with Crippen molar-refractivity contribution in [3.05, 3.63) is 35.3 Å². The second-order valence-electron chi connectivity index (χ2n) is 3.41. The Labute approximate surface area is 88.0 Å². The van der Waals surface area contributed by atoms with Crippen molar-refractivity contribution in [3.63, 3.8) is 0 Å². The summed E-state index contributed by atoms with van der Waals surface area (Å²) in [6.07, 6.45) is 4.16. The molecule has 0 aliphatic rings. The molecule has 0 saturated heterocycles. The summed E-state index contributed by atoms with van der Waals surface area (Å²) in [5.41, 5.74) is 2.77. The van der Waals surface area contributed by atoms with Gasteiger partial charge in [-0.1, -0.05) is 13.8 Å². The second kappa shape index (κ2) is 5.09. The van der Waals surface area contributed by atoms with Crippen LogP contribution in [0.25, 0.3) is 0 Å². The lowest BCUT2D eigenvalue weighted by Crippen LogP contribution is -2.26. The molecule has 1 aromatic rings. The summed E-state index contributed by atoms with van der Waals surface area (Å²) in [5.74, 6) is -0.0441. The highest BCUT2D eigenvalue weighted by Gasteiger charge is 2.04. The minimum Gasteiger partial charge on any atom is -0.619 e. The fourth-order valence-electron chi connectivity index (χ4n) is 0.874. The molecule has 1 rings (SSSR count). The Morgan fingerprint density at radius 3 is 2.67 bits per heavy atom. The standard InChI is InChI=1S/C10H13N3O2/c1-8(2)7-11-12-10(14)9-3-5-13(15)6-4-9/h3-8H,1-2H3,(H,12,14). The first-order valence-electron chi connectivity index (χ1n) is 4.62. The fraction of sp³-hybridized carbons (Fsp3) is 0.300. The summed E-state index contributed by atoms with van der Waals surface area (Å²) in [5, 5.41) is 14.5. The molecule has 1 heterocycles. The number of hydrogen-bond donors (Lipinski definition) is 1. The van der Waals surface area contributed by atoms with Crippen molar-refractivity contribution < 1.29 is 9.52 Å². The van der Waals surface area contributed by atoms with Gasteiger partial charge in [-0.25, -0.2) is 5.43 Å². The Bertz CT molecular complexity index is 357. The van der Waals surface area contributed by atoms with E-state index in [-0.39, 0.29) is 11.8 Å². The van der Waals surface area contributed by atoms with Gasteiger partial charge >= 0.3 is 0 Å². The van der Waals surface area contributed by atoms with Gasteiger partial charge in [0.1, 0.15) is 0 Å². The van der Waals surface area contributed by atoms with Crippen LogP contribution in [0.4, 0.5) is 0 Å². The van der Waals surface area contributed by atoms with Gasteiger partial charge < -0.3 is 5.21 Å². The lowest BCUT2D eigenvalue weighted by Gasteiger charge is -2.00. The third-order valence-corrected chi connectivity index (χ3v) is 1.60.